The third-order valence-corrected chi connectivity index (χ3v) is 14.3. The number of hydrogen-bond acceptors (Lipinski definition) is 8. The van der Waals surface area contributed by atoms with Gasteiger partial charge in [-0.15, -0.1) is 0 Å². The Morgan fingerprint density at radius 1 is 0.510 bits per heavy atom. The predicted molar refractivity (Wildman–Crippen MR) is 210 cm³/mol. The van der Waals surface area contributed by atoms with Crippen LogP contribution in [0.1, 0.15) is 55.4 Å². The van der Waals surface area contributed by atoms with Crippen LogP contribution >= 0.6 is 0 Å². The van der Waals surface area contributed by atoms with Gasteiger partial charge in [0, 0.05) is 24.8 Å². The first kappa shape index (κ1) is 46.0. The summed E-state index contributed by atoms with van der Waals surface area (Å²) < 4.78 is 0. The molecule has 0 fully saturated rings. The summed E-state index contributed by atoms with van der Waals surface area (Å²) in [6.45, 7) is 18.6. The van der Waals surface area contributed by atoms with Crippen LogP contribution in [-0.4, -0.2) is 37.5 Å². The van der Waals surface area contributed by atoms with Crippen LogP contribution in [0.5, 0.6) is 0 Å². The third-order valence-electron chi connectivity index (χ3n) is 6.82. The second kappa shape index (κ2) is 26.8. The molecule has 260 valence electrons. The Kier molecular flexibility index (Phi) is 25.1. The van der Waals surface area contributed by atoms with Gasteiger partial charge < -0.3 is 25.3 Å². The van der Waals surface area contributed by atoms with Gasteiger partial charge in [-0.2, -0.15) is 0 Å². The molecular weight excluding hydrogens is 717 g/mol. The number of nitrogens with zero attached hydrogens (tertiary/aromatic N) is 6. The number of hydrogen-bond donors (Lipinski definition) is 0. The topological polar surface area (TPSA) is 99.1 Å². The molecule has 0 unspecified atom stereocenters. The van der Waals surface area contributed by atoms with Gasteiger partial charge >= 0.3 is 17.1 Å². The monoisotopic (exact) mass is 766 g/mol. The number of nitriles is 2. The van der Waals surface area contributed by atoms with Gasteiger partial charge in [-0.05, 0) is 70.4 Å². The fourth-order valence-electron chi connectivity index (χ4n) is 5.15. The number of thiocyanates is 2. The summed E-state index contributed by atoms with van der Waals surface area (Å²) >= 11 is 7.40. The molecule has 49 heavy (non-hydrogen) atoms. The van der Waals surface area contributed by atoms with Crippen molar-refractivity contribution in [3.63, 3.8) is 0 Å². The first-order chi connectivity index (χ1) is 22.9. The molecule has 0 N–H and O–H groups in total. The Morgan fingerprint density at radius 2 is 0.796 bits per heavy atom. The summed E-state index contributed by atoms with van der Waals surface area (Å²) in [4.78, 5) is 18.0. The first-order valence-corrected chi connectivity index (χ1v) is 21.1. The van der Waals surface area contributed by atoms with Crippen molar-refractivity contribution < 1.29 is 17.1 Å². The molecule has 11 heteroatoms. The van der Waals surface area contributed by atoms with Crippen LogP contribution in [0.3, 0.4) is 0 Å². The van der Waals surface area contributed by atoms with Gasteiger partial charge in [-0.3, -0.25) is 19.9 Å². The SMILES string of the molecule is CC(C)C[Si](CC(C)C)c1ccc(-c2ccccn2)nc1.CC(C)C[Si](CC(C)C)c1ccc(-c2ccccn2)nc1.N#C[S-].N#C[S-].[Fe+2]. The maximum Gasteiger partial charge on any atom is 2.00 e. The minimum absolute atomic E-state index is 0. The van der Waals surface area contributed by atoms with E-state index in [1.807, 2.05) is 48.8 Å². The van der Waals surface area contributed by atoms with E-state index in [0.717, 1.165) is 46.4 Å². The molecule has 0 aromatic carbocycles. The van der Waals surface area contributed by atoms with E-state index in [9.17, 15) is 0 Å². The summed E-state index contributed by atoms with van der Waals surface area (Å²) in [6.07, 6.45) is 7.81. The normalized spacial score (nSPS) is 10.2. The molecule has 4 aromatic heterocycles. The average Bonchev–Trinajstić information content (AvgIpc) is 3.05. The summed E-state index contributed by atoms with van der Waals surface area (Å²) in [5.41, 5.74) is 3.83. The average molecular weight is 767 g/mol. The molecule has 0 amide bonds. The van der Waals surface area contributed by atoms with E-state index in [4.69, 9.17) is 10.5 Å². The molecule has 6 nitrogen and oxygen atoms in total. The molecule has 0 saturated heterocycles. The predicted octanol–water partition coefficient (Wildman–Crippen LogP) is 8.34. The van der Waals surface area contributed by atoms with Crippen LogP contribution in [0.25, 0.3) is 22.8 Å². The molecular formula is C38H50FeN6S2Si2. The van der Waals surface area contributed by atoms with Crippen LogP contribution in [0.2, 0.25) is 24.2 Å². The minimum atomic E-state index is -0.502. The van der Waals surface area contributed by atoms with Crippen LogP contribution in [-0.2, 0) is 42.3 Å². The summed E-state index contributed by atoms with van der Waals surface area (Å²) in [7, 11) is -1.00. The zero-order valence-corrected chi connectivity index (χ0v) is 34.8. The van der Waals surface area contributed by atoms with Crippen molar-refractivity contribution in [1.82, 2.24) is 19.9 Å². The van der Waals surface area contributed by atoms with Gasteiger partial charge in [0.25, 0.3) is 0 Å². The molecule has 4 aromatic rings. The molecule has 0 atom stereocenters. The second-order valence-electron chi connectivity index (χ2n) is 13.1. The molecule has 0 aliphatic rings. The van der Waals surface area contributed by atoms with Crippen LogP contribution < -0.4 is 10.4 Å². The fourth-order valence-corrected chi connectivity index (χ4v) is 11.5. The van der Waals surface area contributed by atoms with E-state index in [1.165, 1.54) is 45.4 Å². The second-order valence-corrected chi connectivity index (χ2v) is 18.6. The molecule has 2 radical (unpaired) electrons. The van der Waals surface area contributed by atoms with Gasteiger partial charge in [-0.25, -0.2) is 10.5 Å². The van der Waals surface area contributed by atoms with E-state index in [2.05, 4.69) is 137 Å². The Balaban J connectivity index is 0.000000796. The maximum absolute atomic E-state index is 7.13. The van der Waals surface area contributed by atoms with Crippen molar-refractivity contribution in [3.05, 3.63) is 85.5 Å². The fraction of sp³-hybridized carbons (Fsp3) is 0.421. The Morgan fingerprint density at radius 3 is 1.00 bits per heavy atom. The summed E-state index contributed by atoms with van der Waals surface area (Å²) in [6, 6.07) is 26.0. The number of rotatable bonds is 12. The smallest absolute Gasteiger partial charge is 0.696 e. The van der Waals surface area contributed by atoms with E-state index in [0.29, 0.717) is 0 Å². The summed E-state index contributed by atoms with van der Waals surface area (Å²) in [5.74, 6) is 3.03. The van der Waals surface area contributed by atoms with Gasteiger partial charge in [0.15, 0.2) is 0 Å². The van der Waals surface area contributed by atoms with Crippen LogP contribution in [0.4, 0.5) is 0 Å². The van der Waals surface area contributed by atoms with Gasteiger partial charge in [0.05, 0.1) is 40.4 Å². The van der Waals surface area contributed by atoms with Crippen molar-refractivity contribution in [2.75, 3.05) is 0 Å². The standard InChI is InChI=1S/2C18H25N2Si.2CHNS.Fe/c2*1-14(2)12-21(13-15(3)4)16-8-9-18(20-11-16)17-7-5-6-10-19-17;2*2-1-3;/h2*5-11,14-15H,12-13H2,1-4H3;2*3H;/q;;;;+2/p-2. The van der Waals surface area contributed by atoms with Crippen LogP contribution in [0, 0.1) is 45.0 Å². The molecule has 0 bridgehead atoms. The molecule has 4 rings (SSSR count). The van der Waals surface area contributed by atoms with Gasteiger partial charge in [0.1, 0.15) is 0 Å². The molecule has 0 aliphatic carbocycles. The number of aromatic nitrogens is 4. The Bertz CT molecular complexity index is 1340. The van der Waals surface area contributed by atoms with Crippen molar-refractivity contribution in [1.29, 1.82) is 10.5 Å². The number of pyridine rings is 4. The largest absolute Gasteiger partial charge is 2.00 e. The van der Waals surface area contributed by atoms with Crippen molar-refractivity contribution >= 4 is 53.2 Å². The molecule has 0 aliphatic heterocycles. The molecule has 4 heterocycles. The van der Waals surface area contributed by atoms with Crippen LogP contribution in [0.15, 0.2) is 85.5 Å². The Hall–Kier alpha value is -3.03. The first-order valence-electron chi connectivity index (χ1n) is 16.4. The van der Waals surface area contributed by atoms with Gasteiger partial charge in [-0.1, -0.05) is 115 Å². The van der Waals surface area contributed by atoms with E-state index < -0.39 is 17.6 Å². The maximum atomic E-state index is 7.13. The van der Waals surface area contributed by atoms with E-state index >= 15 is 0 Å². The molecule has 0 saturated carbocycles. The van der Waals surface area contributed by atoms with E-state index in [1.54, 1.807) is 0 Å². The van der Waals surface area contributed by atoms with Crippen molar-refractivity contribution in [3.8, 4) is 33.6 Å². The third kappa shape index (κ3) is 19.7. The molecule has 0 spiro atoms. The minimum Gasteiger partial charge on any atom is -0.696 e. The summed E-state index contributed by atoms with van der Waals surface area (Å²) in [5, 5.41) is 19.9. The zero-order valence-electron chi connectivity index (χ0n) is 30.1. The zero-order chi connectivity index (χ0) is 35.9. The quantitative estimate of drug-likeness (QED) is 0.0807. The Labute approximate surface area is 321 Å². The van der Waals surface area contributed by atoms with Crippen molar-refractivity contribution in [2.45, 2.75) is 79.6 Å². The van der Waals surface area contributed by atoms with E-state index in [-0.39, 0.29) is 17.1 Å². The van der Waals surface area contributed by atoms with Crippen molar-refractivity contribution in [2.24, 2.45) is 23.7 Å². The van der Waals surface area contributed by atoms with Gasteiger partial charge in [0.2, 0.25) is 0 Å².